The molecule has 3 rings (SSSR count). The highest BCUT2D eigenvalue weighted by Crippen LogP contribution is 2.33. The van der Waals surface area contributed by atoms with Crippen LogP contribution in [-0.4, -0.2) is 193 Å². The molecule has 19 nitrogen and oxygen atoms in total. The molecule has 0 spiro atoms. The summed E-state index contributed by atoms with van der Waals surface area (Å²) < 4.78 is 34.4. The number of aliphatic hydroxyl groups is 11. The average Bonchev–Trinajstić information content (AvgIpc) is 2.57. The first-order valence-corrected chi connectivity index (χ1v) is 34.9. The van der Waals surface area contributed by atoms with E-state index in [0.29, 0.717) is 12.8 Å². The quantitative estimate of drug-likeness (QED) is 0.0200. The Labute approximate surface area is 529 Å². The van der Waals surface area contributed by atoms with Gasteiger partial charge in [0.15, 0.2) is 18.9 Å². The molecule has 17 atom stereocenters. The van der Waals surface area contributed by atoms with Crippen LogP contribution >= 0.6 is 0 Å². The molecular formula is C69H125NO18. The van der Waals surface area contributed by atoms with Crippen molar-refractivity contribution in [2.75, 3.05) is 26.4 Å². The van der Waals surface area contributed by atoms with Crippen LogP contribution in [0.1, 0.15) is 251 Å². The van der Waals surface area contributed by atoms with Crippen molar-refractivity contribution in [2.45, 2.75) is 356 Å². The first-order chi connectivity index (χ1) is 42.8. The molecule has 0 radical (unpaired) electrons. The first kappa shape index (κ1) is 80.0. The molecular weight excluding hydrogens is 1130 g/mol. The third-order valence-electron chi connectivity index (χ3n) is 17.4. The Bertz CT molecular complexity index is 1790. The van der Waals surface area contributed by atoms with Crippen molar-refractivity contribution in [1.82, 2.24) is 5.32 Å². The monoisotopic (exact) mass is 1260 g/mol. The fourth-order valence-corrected chi connectivity index (χ4v) is 11.8. The SMILES string of the molecule is CC/C=C\C/C=C\C/C=C\C/C=C\CCCCCCCCCCCCCCCCCCC(=O)NC(COC1OC(CO)C(OC2OC(CO)C(OC3OC(CO)C(O)C(O)C3O)C(O)C2O)C(O)C1O)C(O)CCCCCCCCCCCCCCCC. The van der Waals surface area contributed by atoms with E-state index in [9.17, 15) is 61.0 Å². The first-order valence-electron chi connectivity index (χ1n) is 34.9. The second kappa shape index (κ2) is 51.2. The van der Waals surface area contributed by atoms with Gasteiger partial charge in [0.1, 0.15) is 73.2 Å². The van der Waals surface area contributed by atoms with Gasteiger partial charge in [0.25, 0.3) is 0 Å². The Morgan fingerprint density at radius 3 is 1.23 bits per heavy atom. The molecule has 0 aromatic heterocycles. The van der Waals surface area contributed by atoms with Gasteiger partial charge in [-0.2, -0.15) is 0 Å². The third kappa shape index (κ3) is 33.0. The van der Waals surface area contributed by atoms with E-state index in [1.807, 2.05) is 0 Å². The number of hydrogen-bond donors (Lipinski definition) is 12. The zero-order valence-electron chi connectivity index (χ0n) is 54.2. The van der Waals surface area contributed by atoms with E-state index in [-0.39, 0.29) is 18.9 Å². The molecule has 19 heteroatoms. The molecule has 3 heterocycles. The van der Waals surface area contributed by atoms with Gasteiger partial charge in [-0.1, -0.05) is 242 Å². The number of aliphatic hydroxyl groups excluding tert-OH is 11. The summed E-state index contributed by atoms with van der Waals surface area (Å²) in [5, 5.41) is 121. The number of amides is 1. The van der Waals surface area contributed by atoms with E-state index in [1.54, 1.807) is 0 Å². The zero-order valence-corrected chi connectivity index (χ0v) is 54.2. The number of carbonyl (C=O) groups is 1. The van der Waals surface area contributed by atoms with E-state index in [4.69, 9.17) is 28.4 Å². The standard InChI is InChI=1S/C69H125NO18/c1-3-5-7-9-11-13-15-17-19-20-21-22-23-24-25-26-27-28-29-30-31-32-33-35-37-39-41-43-45-47-57(75)70-52(53(74)46-44-42-40-38-36-34-18-16-14-12-10-8-6-4-2)51-83-67-63(81)60(78)65(55(49-72)85-67)88-69-64(82)61(79)66(56(50-73)86-69)87-68-62(80)59(77)58(76)54(48-71)84-68/h5,7,11,13,17,19,21-22,52-56,58-69,71-74,76-82H,3-4,6,8-10,12,14-16,18,20,23-51H2,1-2H3,(H,70,75)/b7-5-,13-11-,19-17-,22-21-. The molecule has 0 bridgehead atoms. The van der Waals surface area contributed by atoms with Crippen LogP contribution in [0.2, 0.25) is 0 Å². The molecule has 3 saturated heterocycles. The van der Waals surface area contributed by atoms with Gasteiger partial charge in [0.05, 0.1) is 38.6 Å². The number of rotatable bonds is 53. The van der Waals surface area contributed by atoms with Crippen LogP contribution in [-0.2, 0) is 33.2 Å². The maximum absolute atomic E-state index is 13.4. The second-order valence-electron chi connectivity index (χ2n) is 25.0. The third-order valence-corrected chi connectivity index (χ3v) is 17.4. The lowest BCUT2D eigenvalue weighted by Gasteiger charge is -2.48. The lowest BCUT2D eigenvalue weighted by atomic mass is 9.96. The van der Waals surface area contributed by atoms with Crippen molar-refractivity contribution in [1.29, 1.82) is 0 Å². The summed E-state index contributed by atoms with van der Waals surface area (Å²) in [6, 6.07) is -0.887. The second-order valence-corrected chi connectivity index (χ2v) is 25.0. The van der Waals surface area contributed by atoms with Gasteiger partial charge in [-0.25, -0.2) is 0 Å². The Balaban J connectivity index is 1.38. The summed E-state index contributed by atoms with van der Waals surface area (Å²) in [6.45, 7) is 1.69. The van der Waals surface area contributed by atoms with Crippen LogP contribution in [0.5, 0.6) is 0 Å². The summed E-state index contributed by atoms with van der Waals surface area (Å²) in [7, 11) is 0. The van der Waals surface area contributed by atoms with Crippen LogP contribution in [0.3, 0.4) is 0 Å². The van der Waals surface area contributed by atoms with E-state index in [2.05, 4.69) is 67.8 Å². The molecule has 0 aliphatic carbocycles. The van der Waals surface area contributed by atoms with Crippen molar-refractivity contribution >= 4 is 5.91 Å². The van der Waals surface area contributed by atoms with Crippen LogP contribution in [0.15, 0.2) is 48.6 Å². The highest BCUT2D eigenvalue weighted by molar-refractivity contribution is 5.76. The van der Waals surface area contributed by atoms with E-state index in [1.165, 1.54) is 148 Å². The van der Waals surface area contributed by atoms with Crippen molar-refractivity contribution in [3.05, 3.63) is 48.6 Å². The molecule has 0 saturated carbocycles. The van der Waals surface area contributed by atoms with Crippen molar-refractivity contribution < 1.29 is 89.4 Å². The van der Waals surface area contributed by atoms with Gasteiger partial charge in [-0.3, -0.25) is 4.79 Å². The van der Waals surface area contributed by atoms with Gasteiger partial charge < -0.3 is 89.9 Å². The smallest absolute Gasteiger partial charge is 0.220 e. The molecule has 0 aromatic carbocycles. The van der Waals surface area contributed by atoms with Gasteiger partial charge in [-0.15, -0.1) is 0 Å². The highest BCUT2D eigenvalue weighted by Gasteiger charge is 2.53. The van der Waals surface area contributed by atoms with Crippen molar-refractivity contribution in [3.63, 3.8) is 0 Å². The Morgan fingerprint density at radius 1 is 0.420 bits per heavy atom. The molecule has 17 unspecified atom stereocenters. The normalized spacial score (nSPS) is 28.7. The van der Waals surface area contributed by atoms with Gasteiger partial charge in [0, 0.05) is 6.42 Å². The van der Waals surface area contributed by atoms with E-state index < -0.39 is 124 Å². The summed E-state index contributed by atoms with van der Waals surface area (Å²) in [5.74, 6) is -0.242. The fourth-order valence-electron chi connectivity index (χ4n) is 11.8. The lowest BCUT2D eigenvalue weighted by Crippen LogP contribution is -2.66. The van der Waals surface area contributed by atoms with E-state index in [0.717, 1.165) is 70.6 Å². The largest absolute Gasteiger partial charge is 0.394 e. The molecule has 3 fully saturated rings. The Hall–Kier alpha value is -2.25. The molecule has 514 valence electrons. The Morgan fingerprint density at radius 2 is 0.784 bits per heavy atom. The average molecular weight is 1260 g/mol. The highest BCUT2D eigenvalue weighted by atomic mass is 16.8. The topological polar surface area (TPSA) is 307 Å². The number of carbonyl (C=O) groups excluding carboxylic acids is 1. The van der Waals surface area contributed by atoms with Gasteiger partial charge in [-0.05, 0) is 51.4 Å². The van der Waals surface area contributed by atoms with Crippen LogP contribution in [0.25, 0.3) is 0 Å². The number of hydrogen-bond acceptors (Lipinski definition) is 18. The fraction of sp³-hybridized carbons (Fsp3) is 0.870. The predicted molar refractivity (Wildman–Crippen MR) is 342 cm³/mol. The molecule has 88 heavy (non-hydrogen) atoms. The van der Waals surface area contributed by atoms with Crippen molar-refractivity contribution in [2.24, 2.45) is 0 Å². The summed E-state index contributed by atoms with van der Waals surface area (Å²) in [5.41, 5.74) is 0. The van der Waals surface area contributed by atoms with Crippen molar-refractivity contribution in [3.8, 4) is 0 Å². The summed E-state index contributed by atoms with van der Waals surface area (Å²) >= 11 is 0. The molecule has 12 N–H and O–H groups in total. The van der Waals surface area contributed by atoms with E-state index >= 15 is 0 Å². The van der Waals surface area contributed by atoms with Crippen LogP contribution < -0.4 is 5.32 Å². The number of nitrogens with one attached hydrogen (secondary N) is 1. The summed E-state index contributed by atoms with van der Waals surface area (Å²) in [6.07, 6.45) is 33.4. The van der Waals surface area contributed by atoms with Crippen LogP contribution in [0, 0.1) is 0 Å². The Kier molecular flexibility index (Phi) is 46.5. The number of allylic oxidation sites excluding steroid dienone is 8. The summed E-state index contributed by atoms with van der Waals surface area (Å²) in [4.78, 5) is 13.4. The van der Waals surface area contributed by atoms with Gasteiger partial charge in [0.2, 0.25) is 5.91 Å². The number of ether oxygens (including phenoxy) is 6. The predicted octanol–water partition coefficient (Wildman–Crippen LogP) is 9.00. The molecule has 3 aliphatic heterocycles. The molecule has 3 aliphatic rings. The zero-order chi connectivity index (χ0) is 64.0. The minimum absolute atomic E-state index is 0.242. The maximum Gasteiger partial charge on any atom is 0.220 e. The number of unbranched alkanes of at least 4 members (excludes halogenated alkanes) is 29. The van der Waals surface area contributed by atoms with Gasteiger partial charge >= 0.3 is 0 Å². The minimum Gasteiger partial charge on any atom is -0.394 e. The minimum atomic E-state index is -1.97. The maximum atomic E-state index is 13.4. The van der Waals surface area contributed by atoms with Crippen LogP contribution in [0.4, 0.5) is 0 Å². The molecule has 1 amide bonds. The lowest BCUT2D eigenvalue weighted by molar-refractivity contribution is -0.379. The molecule has 0 aromatic rings.